The summed E-state index contributed by atoms with van der Waals surface area (Å²) in [6.45, 7) is 12.6. The van der Waals surface area contributed by atoms with Crippen molar-refractivity contribution in [1.29, 1.82) is 0 Å². The second kappa shape index (κ2) is 13.6. The monoisotopic (exact) mass is 510 g/mol. The fourth-order valence-electron chi connectivity index (χ4n) is 3.86. The molecule has 0 spiro atoms. The number of piperidine rings is 1. The van der Waals surface area contributed by atoms with Gasteiger partial charge in [0.15, 0.2) is 5.96 Å². The van der Waals surface area contributed by atoms with E-state index in [9.17, 15) is 4.79 Å². The number of aliphatic imine (C=N–C) groups is 1. The van der Waals surface area contributed by atoms with Crippen LogP contribution in [-0.4, -0.2) is 87.4 Å². The molecule has 1 N–H and O–H groups in total. The first-order valence-corrected chi connectivity index (χ1v) is 10.5. The molecule has 1 amide bonds. The van der Waals surface area contributed by atoms with Crippen LogP contribution in [0, 0.1) is 11.8 Å². The van der Waals surface area contributed by atoms with Crippen molar-refractivity contribution in [3.8, 4) is 0 Å². The summed E-state index contributed by atoms with van der Waals surface area (Å²) in [6.07, 6.45) is 3.03. The van der Waals surface area contributed by atoms with Crippen molar-refractivity contribution in [2.75, 3.05) is 59.6 Å². The number of nitrogens with one attached hydrogen (secondary N) is 1. The SMILES string of the molecule is CCOC(CCNC(=NC)N1CCC(C(=O)N2CCOCC2)CC1)C(C)C.I. The van der Waals surface area contributed by atoms with E-state index in [1.807, 2.05) is 18.9 Å². The van der Waals surface area contributed by atoms with E-state index >= 15 is 0 Å². The summed E-state index contributed by atoms with van der Waals surface area (Å²) in [6, 6.07) is 0. The highest BCUT2D eigenvalue weighted by Crippen LogP contribution is 2.20. The Morgan fingerprint density at radius 1 is 1.18 bits per heavy atom. The molecule has 0 aromatic carbocycles. The van der Waals surface area contributed by atoms with E-state index in [2.05, 4.69) is 29.1 Å². The van der Waals surface area contributed by atoms with Gasteiger partial charge in [-0.1, -0.05) is 13.8 Å². The smallest absolute Gasteiger partial charge is 0.225 e. The summed E-state index contributed by atoms with van der Waals surface area (Å²) in [5.74, 6) is 1.89. The van der Waals surface area contributed by atoms with E-state index in [1.54, 1.807) is 0 Å². The van der Waals surface area contributed by atoms with Gasteiger partial charge in [0, 0.05) is 52.3 Å². The zero-order valence-electron chi connectivity index (χ0n) is 18.0. The van der Waals surface area contributed by atoms with E-state index < -0.39 is 0 Å². The van der Waals surface area contributed by atoms with Gasteiger partial charge in [-0.15, -0.1) is 24.0 Å². The lowest BCUT2D eigenvalue weighted by molar-refractivity contribution is -0.140. The number of hydrogen-bond acceptors (Lipinski definition) is 4. The van der Waals surface area contributed by atoms with Gasteiger partial charge in [0.25, 0.3) is 0 Å². The molecule has 2 rings (SSSR count). The lowest BCUT2D eigenvalue weighted by Crippen LogP contribution is -2.50. The molecular formula is C20H39IN4O3. The fraction of sp³-hybridized carbons (Fsp3) is 0.900. The molecule has 2 heterocycles. The summed E-state index contributed by atoms with van der Waals surface area (Å²) >= 11 is 0. The predicted molar refractivity (Wildman–Crippen MR) is 123 cm³/mol. The Labute approximate surface area is 187 Å². The molecule has 1 unspecified atom stereocenters. The number of likely N-dealkylation sites (tertiary alicyclic amines) is 1. The topological polar surface area (TPSA) is 66.4 Å². The molecule has 7 nitrogen and oxygen atoms in total. The molecule has 0 aromatic rings. The van der Waals surface area contributed by atoms with Gasteiger partial charge in [-0.25, -0.2) is 0 Å². The van der Waals surface area contributed by atoms with Crippen molar-refractivity contribution >= 4 is 35.8 Å². The molecule has 8 heteroatoms. The maximum Gasteiger partial charge on any atom is 0.225 e. The lowest BCUT2D eigenvalue weighted by Gasteiger charge is -2.36. The normalized spacial score (nSPS) is 20.1. The Bertz CT molecular complexity index is 476. The summed E-state index contributed by atoms with van der Waals surface area (Å²) in [5.41, 5.74) is 0. The predicted octanol–water partition coefficient (Wildman–Crippen LogP) is 2.20. The summed E-state index contributed by atoms with van der Waals surface area (Å²) in [4.78, 5) is 21.3. The molecule has 2 aliphatic rings. The first-order valence-electron chi connectivity index (χ1n) is 10.5. The standard InChI is InChI=1S/C20H38N4O3.HI/c1-5-27-18(16(2)3)6-9-22-20(21-4)24-10-7-17(8-11-24)19(25)23-12-14-26-15-13-23;/h16-18H,5-15H2,1-4H3,(H,21,22);1H. The number of amides is 1. The van der Waals surface area contributed by atoms with Crippen LogP contribution in [0.3, 0.4) is 0 Å². The summed E-state index contributed by atoms with van der Waals surface area (Å²) in [5, 5.41) is 3.47. The van der Waals surface area contributed by atoms with Gasteiger partial charge < -0.3 is 24.6 Å². The molecule has 0 aromatic heterocycles. The Balaban J connectivity index is 0.00000392. The average Bonchev–Trinajstić information content (AvgIpc) is 2.70. The van der Waals surface area contributed by atoms with Crippen LogP contribution in [0.5, 0.6) is 0 Å². The maximum absolute atomic E-state index is 12.7. The van der Waals surface area contributed by atoms with Crippen LogP contribution in [0.4, 0.5) is 0 Å². The van der Waals surface area contributed by atoms with E-state index in [0.717, 1.165) is 64.6 Å². The quantitative estimate of drug-likeness (QED) is 0.323. The van der Waals surface area contributed by atoms with Crippen molar-refractivity contribution < 1.29 is 14.3 Å². The van der Waals surface area contributed by atoms with Gasteiger partial charge in [0.2, 0.25) is 5.91 Å². The molecule has 0 bridgehead atoms. The Morgan fingerprint density at radius 2 is 1.82 bits per heavy atom. The van der Waals surface area contributed by atoms with Gasteiger partial charge >= 0.3 is 0 Å². The minimum atomic E-state index is 0. The highest BCUT2D eigenvalue weighted by molar-refractivity contribution is 14.0. The van der Waals surface area contributed by atoms with Gasteiger partial charge in [0.1, 0.15) is 0 Å². The second-order valence-electron chi connectivity index (χ2n) is 7.70. The van der Waals surface area contributed by atoms with Crippen molar-refractivity contribution in [2.24, 2.45) is 16.8 Å². The van der Waals surface area contributed by atoms with Crippen molar-refractivity contribution in [1.82, 2.24) is 15.1 Å². The van der Waals surface area contributed by atoms with Crippen LogP contribution >= 0.6 is 24.0 Å². The number of ether oxygens (including phenoxy) is 2. The van der Waals surface area contributed by atoms with Crippen molar-refractivity contribution in [2.45, 2.75) is 46.1 Å². The second-order valence-corrected chi connectivity index (χ2v) is 7.70. The zero-order valence-corrected chi connectivity index (χ0v) is 20.3. The average molecular weight is 510 g/mol. The van der Waals surface area contributed by atoms with Gasteiger partial charge in [-0.2, -0.15) is 0 Å². The number of carbonyl (C=O) groups excluding carboxylic acids is 1. The third-order valence-electron chi connectivity index (χ3n) is 5.51. The van der Waals surface area contributed by atoms with E-state index in [4.69, 9.17) is 9.47 Å². The molecule has 2 aliphatic heterocycles. The Kier molecular flexibility index (Phi) is 12.3. The fourth-order valence-corrected chi connectivity index (χ4v) is 3.86. The molecule has 1 atom stereocenters. The highest BCUT2D eigenvalue weighted by atomic mass is 127. The van der Waals surface area contributed by atoms with E-state index in [0.29, 0.717) is 25.0 Å². The van der Waals surface area contributed by atoms with Crippen molar-refractivity contribution in [3.63, 3.8) is 0 Å². The van der Waals surface area contributed by atoms with Gasteiger partial charge in [-0.3, -0.25) is 9.79 Å². The van der Waals surface area contributed by atoms with Crippen LogP contribution in [0.2, 0.25) is 0 Å². The lowest BCUT2D eigenvalue weighted by atomic mass is 9.95. The molecule has 28 heavy (non-hydrogen) atoms. The van der Waals surface area contributed by atoms with Crippen LogP contribution in [0.1, 0.15) is 40.0 Å². The third kappa shape index (κ3) is 7.67. The summed E-state index contributed by atoms with van der Waals surface area (Å²) < 4.78 is 11.2. The first kappa shape index (κ1) is 25.4. The Morgan fingerprint density at radius 3 is 2.36 bits per heavy atom. The van der Waals surface area contributed by atoms with Crippen molar-refractivity contribution in [3.05, 3.63) is 0 Å². The number of hydrogen-bond donors (Lipinski definition) is 1. The molecule has 2 fully saturated rings. The summed E-state index contributed by atoms with van der Waals surface area (Å²) in [7, 11) is 1.83. The third-order valence-corrected chi connectivity index (χ3v) is 5.51. The van der Waals surface area contributed by atoms with Crippen LogP contribution in [-0.2, 0) is 14.3 Å². The number of morpholine rings is 1. The van der Waals surface area contributed by atoms with Crippen LogP contribution in [0.15, 0.2) is 4.99 Å². The van der Waals surface area contributed by atoms with Gasteiger partial charge in [0.05, 0.1) is 19.3 Å². The molecule has 0 aliphatic carbocycles. The molecule has 164 valence electrons. The largest absolute Gasteiger partial charge is 0.378 e. The van der Waals surface area contributed by atoms with Crippen LogP contribution in [0.25, 0.3) is 0 Å². The molecule has 0 saturated carbocycles. The first-order chi connectivity index (χ1) is 13.1. The number of carbonyl (C=O) groups is 1. The van der Waals surface area contributed by atoms with Crippen LogP contribution < -0.4 is 5.32 Å². The Hall–Kier alpha value is -0.610. The highest BCUT2D eigenvalue weighted by Gasteiger charge is 2.30. The molecule has 0 radical (unpaired) electrons. The number of halogens is 1. The molecule has 2 saturated heterocycles. The minimum absolute atomic E-state index is 0. The van der Waals surface area contributed by atoms with E-state index in [-0.39, 0.29) is 36.0 Å². The number of guanidine groups is 1. The number of rotatable bonds is 7. The maximum atomic E-state index is 12.7. The van der Waals surface area contributed by atoms with E-state index in [1.165, 1.54) is 0 Å². The molecular weight excluding hydrogens is 471 g/mol. The van der Waals surface area contributed by atoms with Gasteiger partial charge in [-0.05, 0) is 32.1 Å². The minimum Gasteiger partial charge on any atom is -0.378 e. The number of nitrogens with zero attached hydrogens (tertiary/aromatic N) is 3. The zero-order chi connectivity index (χ0) is 19.6.